The van der Waals surface area contributed by atoms with E-state index in [2.05, 4.69) is 16.9 Å². The minimum absolute atomic E-state index is 0.564. The molecule has 1 N–H and O–H groups in total. The second-order valence-corrected chi connectivity index (χ2v) is 4.23. The third-order valence-electron chi connectivity index (χ3n) is 2.31. The Morgan fingerprint density at radius 1 is 1.44 bits per heavy atom. The zero-order valence-electron chi connectivity index (χ0n) is 9.13. The van der Waals surface area contributed by atoms with Crippen LogP contribution in [0, 0.1) is 6.92 Å². The third-order valence-corrected chi connectivity index (χ3v) is 2.45. The van der Waals surface area contributed by atoms with Gasteiger partial charge >= 0.3 is 0 Å². The van der Waals surface area contributed by atoms with E-state index in [9.17, 15) is 0 Å². The first-order chi connectivity index (χ1) is 7.66. The Morgan fingerprint density at radius 3 is 2.94 bits per heavy atom. The van der Waals surface area contributed by atoms with Gasteiger partial charge in [0.1, 0.15) is 0 Å². The molecule has 1 aromatic heterocycles. The summed E-state index contributed by atoms with van der Waals surface area (Å²) in [7, 11) is 0. The molecule has 0 aliphatic rings. The van der Waals surface area contributed by atoms with Crippen molar-refractivity contribution in [1.29, 1.82) is 0 Å². The van der Waals surface area contributed by atoms with Crippen molar-refractivity contribution in [2.75, 3.05) is 11.9 Å². The highest BCUT2D eigenvalue weighted by molar-refractivity contribution is 6.29. The molecule has 0 unspecified atom stereocenters. The van der Waals surface area contributed by atoms with Crippen molar-refractivity contribution in [3.05, 3.63) is 47.6 Å². The second-order valence-electron chi connectivity index (χ2n) is 3.70. The van der Waals surface area contributed by atoms with Gasteiger partial charge in [-0.2, -0.15) is 0 Å². The summed E-state index contributed by atoms with van der Waals surface area (Å²) >= 11 is 5.75. The molecule has 0 atom stereocenters. The Bertz CT molecular complexity index is 534. The summed E-state index contributed by atoms with van der Waals surface area (Å²) in [4.78, 5) is 4.47. The maximum Gasteiger partial charge on any atom is 0.0725 e. The van der Waals surface area contributed by atoms with Gasteiger partial charge in [-0.25, -0.2) is 0 Å². The van der Waals surface area contributed by atoms with Crippen LogP contribution in [0.3, 0.4) is 0 Å². The van der Waals surface area contributed by atoms with Gasteiger partial charge in [-0.15, -0.1) is 0 Å². The van der Waals surface area contributed by atoms with Gasteiger partial charge in [0.25, 0.3) is 0 Å². The van der Waals surface area contributed by atoms with Crippen molar-refractivity contribution in [2.24, 2.45) is 0 Å². The van der Waals surface area contributed by atoms with E-state index in [-0.39, 0.29) is 0 Å². The number of hydrogen-bond acceptors (Lipinski definition) is 2. The molecule has 0 amide bonds. The number of rotatable bonds is 3. The van der Waals surface area contributed by atoms with Crippen LogP contribution in [0.5, 0.6) is 0 Å². The van der Waals surface area contributed by atoms with Crippen LogP contribution in [0.15, 0.2) is 41.9 Å². The Hall–Kier alpha value is -1.54. The molecule has 0 saturated carbocycles. The number of aryl methyl sites for hydroxylation is 1. The van der Waals surface area contributed by atoms with E-state index in [0.717, 1.165) is 22.3 Å². The number of hydrogen-bond donors (Lipinski definition) is 1. The lowest BCUT2D eigenvalue weighted by Crippen LogP contribution is -2.02. The van der Waals surface area contributed by atoms with Crippen molar-refractivity contribution >= 4 is 28.2 Å². The molecule has 3 heteroatoms. The van der Waals surface area contributed by atoms with Crippen LogP contribution in [-0.2, 0) is 0 Å². The van der Waals surface area contributed by atoms with E-state index in [4.69, 9.17) is 11.6 Å². The highest BCUT2D eigenvalue weighted by atomic mass is 35.5. The van der Waals surface area contributed by atoms with Crippen LogP contribution in [0.1, 0.15) is 5.69 Å². The Morgan fingerprint density at radius 2 is 2.19 bits per heavy atom. The fourth-order valence-electron chi connectivity index (χ4n) is 1.65. The summed E-state index contributed by atoms with van der Waals surface area (Å²) in [5.74, 6) is 0. The lowest BCUT2D eigenvalue weighted by molar-refractivity contribution is 1.23. The molecule has 0 aliphatic heterocycles. The van der Waals surface area contributed by atoms with Crippen molar-refractivity contribution in [3.63, 3.8) is 0 Å². The van der Waals surface area contributed by atoms with Crippen LogP contribution in [-0.4, -0.2) is 11.5 Å². The largest absolute Gasteiger partial charge is 0.379 e. The number of aromatic nitrogens is 1. The second kappa shape index (κ2) is 4.54. The summed E-state index contributed by atoms with van der Waals surface area (Å²) in [5, 5.41) is 4.96. The normalized spacial score (nSPS) is 10.4. The van der Waals surface area contributed by atoms with E-state index in [1.165, 1.54) is 0 Å². The summed E-state index contributed by atoms with van der Waals surface area (Å²) in [6.45, 7) is 6.20. The average molecular weight is 233 g/mol. The number of anilines is 1. The minimum atomic E-state index is 0.564. The summed E-state index contributed by atoms with van der Waals surface area (Å²) in [6.07, 6.45) is 0. The molecule has 0 saturated heterocycles. The Kier molecular flexibility index (Phi) is 3.11. The van der Waals surface area contributed by atoms with Crippen LogP contribution in [0.25, 0.3) is 10.9 Å². The van der Waals surface area contributed by atoms with E-state index in [0.29, 0.717) is 11.6 Å². The maximum absolute atomic E-state index is 5.75. The number of fused-ring (bicyclic) bond motifs is 1. The van der Waals surface area contributed by atoms with Crippen molar-refractivity contribution in [3.8, 4) is 0 Å². The summed E-state index contributed by atoms with van der Waals surface area (Å²) in [6, 6.07) is 10.0. The smallest absolute Gasteiger partial charge is 0.0725 e. The number of pyridine rings is 1. The van der Waals surface area contributed by atoms with Crippen molar-refractivity contribution in [2.45, 2.75) is 6.92 Å². The van der Waals surface area contributed by atoms with E-state index in [1.807, 2.05) is 37.3 Å². The Labute approximate surface area is 100.0 Å². The first-order valence-electron chi connectivity index (χ1n) is 5.10. The maximum atomic E-state index is 5.75. The average Bonchev–Trinajstić information content (AvgIpc) is 2.25. The lowest BCUT2D eigenvalue weighted by Gasteiger charge is -2.09. The zero-order chi connectivity index (χ0) is 11.5. The molecule has 0 bridgehead atoms. The number of benzene rings is 1. The van der Waals surface area contributed by atoms with Gasteiger partial charge in [0, 0.05) is 21.8 Å². The molecule has 0 radical (unpaired) electrons. The molecular formula is C13H13ClN2. The topological polar surface area (TPSA) is 24.9 Å². The van der Waals surface area contributed by atoms with Crippen molar-refractivity contribution < 1.29 is 0 Å². The predicted molar refractivity (Wildman–Crippen MR) is 70.0 cm³/mol. The Balaban J connectivity index is 2.46. The van der Waals surface area contributed by atoms with Gasteiger partial charge in [-0.3, -0.25) is 4.98 Å². The zero-order valence-corrected chi connectivity index (χ0v) is 9.88. The van der Waals surface area contributed by atoms with Crippen LogP contribution >= 0.6 is 11.6 Å². The summed E-state index contributed by atoms with van der Waals surface area (Å²) < 4.78 is 0. The molecule has 2 aromatic rings. The molecular weight excluding hydrogens is 220 g/mol. The molecule has 1 heterocycles. The highest BCUT2D eigenvalue weighted by Gasteiger charge is 2.02. The van der Waals surface area contributed by atoms with Crippen LogP contribution < -0.4 is 5.32 Å². The lowest BCUT2D eigenvalue weighted by atomic mass is 10.1. The molecule has 0 spiro atoms. The van der Waals surface area contributed by atoms with Gasteiger partial charge in [-0.05, 0) is 19.1 Å². The highest BCUT2D eigenvalue weighted by Crippen LogP contribution is 2.23. The SMILES string of the molecule is C=C(Cl)CNc1cc(C)nc2ccccc12. The molecule has 2 nitrogen and oxygen atoms in total. The third kappa shape index (κ3) is 2.34. The standard InChI is InChI=1S/C13H13ClN2/c1-9(14)8-15-13-7-10(2)16-12-6-4-3-5-11(12)13/h3-7H,1,8H2,2H3,(H,15,16). The van der Waals surface area contributed by atoms with Crippen molar-refractivity contribution in [1.82, 2.24) is 4.98 Å². The predicted octanol–water partition coefficient (Wildman–Crippen LogP) is 3.71. The number of para-hydroxylation sites is 1. The first-order valence-corrected chi connectivity index (χ1v) is 5.48. The fourth-order valence-corrected chi connectivity index (χ4v) is 1.71. The molecule has 0 fully saturated rings. The van der Waals surface area contributed by atoms with E-state index < -0.39 is 0 Å². The number of nitrogens with zero attached hydrogens (tertiary/aromatic N) is 1. The van der Waals surface area contributed by atoms with E-state index >= 15 is 0 Å². The van der Waals surface area contributed by atoms with Gasteiger partial charge in [0.2, 0.25) is 0 Å². The fraction of sp³-hybridized carbons (Fsp3) is 0.154. The van der Waals surface area contributed by atoms with Gasteiger partial charge in [-0.1, -0.05) is 36.4 Å². The molecule has 82 valence electrons. The molecule has 2 rings (SSSR count). The monoisotopic (exact) mass is 232 g/mol. The minimum Gasteiger partial charge on any atom is -0.379 e. The van der Waals surface area contributed by atoms with E-state index in [1.54, 1.807) is 0 Å². The molecule has 0 aliphatic carbocycles. The number of nitrogens with one attached hydrogen (secondary N) is 1. The van der Waals surface area contributed by atoms with Crippen LogP contribution in [0.4, 0.5) is 5.69 Å². The number of halogens is 1. The van der Waals surface area contributed by atoms with Gasteiger partial charge in [0.15, 0.2) is 0 Å². The quantitative estimate of drug-likeness (QED) is 0.873. The molecule has 16 heavy (non-hydrogen) atoms. The summed E-state index contributed by atoms with van der Waals surface area (Å²) in [5.41, 5.74) is 3.02. The first kappa shape index (κ1) is 11.0. The molecule has 1 aromatic carbocycles. The van der Waals surface area contributed by atoms with Crippen LogP contribution in [0.2, 0.25) is 0 Å². The van der Waals surface area contributed by atoms with Gasteiger partial charge < -0.3 is 5.32 Å². The van der Waals surface area contributed by atoms with Gasteiger partial charge in [0.05, 0.1) is 12.1 Å².